The van der Waals surface area contributed by atoms with E-state index in [1.165, 1.54) is 27.0 Å². The number of nitro benzene ring substituents is 2. The van der Waals surface area contributed by atoms with Gasteiger partial charge in [0.2, 0.25) is 5.91 Å². The van der Waals surface area contributed by atoms with Crippen molar-refractivity contribution >= 4 is 51.8 Å². The quantitative estimate of drug-likeness (QED) is 0.109. The molecule has 0 radical (unpaired) electrons. The van der Waals surface area contributed by atoms with Gasteiger partial charge in [-0.15, -0.1) is 10.2 Å². The minimum Gasteiger partial charge on any atom is -0.494 e. The van der Waals surface area contributed by atoms with Gasteiger partial charge >= 0.3 is 11.7 Å². The molecule has 0 bridgehead atoms. The molecule has 0 fully saturated rings. The standard InChI is InChI=1S/C28H28N6O9/c1-18(35)17-43-28(37)11-12-32(16-20-7-5-4-6-8-20)26-14-23(29-19(2)36)24(15-27(26)42-3)31-30-22-10-9-21(33(38)39)13-25(22)34(40)41/h4-10,13-15H,11-12,16-17H2,1-3H3,(H,29,36)/b31-30+. The third kappa shape index (κ3) is 9.14. The number of azo groups is 1. The molecule has 0 saturated heterocycles. The number of nitrogens with one attached hydrogen (secondary N) is 1. The predicted octanol–water partition coefficient (Wildman–Crippen LogP) is 5.41. The Morgan fingerprint density at radius 2 is 1.63 bits per heavy atom. The fraction of sp³-hybridized carbons (Fsp3) is 0.250. The largest absolute Gasteiger partial charge is 0.494 e. The van der Waals surface area contributed by atoms with E-state index in [2.05, 4.69) is 15.5 Å². The zero-order valence-corrected chi connectivity index (χ0v) is 23.5. The van der Waals surface area contributed by atoms with Crippen LogP contribution in [0.25, 0.3) is 0 Å². The number of ether oxygens (including phenoxy) is 2. The molecule has 0 atom stereocenters. The van der Waals surface area contributed by atoms with E-state index < -0.39 is 33.1 Å². The number of nitrogens with zero attached hydrogens (tertiary/aromatic N) is 5. The number of benzene rings is 3. The highest BCUT2D eigenvalue weighted by Crippen LogP contribution is 2.41. The lowest BCUT2D eigenvalue weighted by atomic mass is 10.1. The number of non-ortho nitro benzene ring substituents is 1. The molecule has 1 amide bonds. The van der Waals surface area contributed by atoms with Crippen LogP contribution in [0.3, 0.4) is 0 Å². The van der Waals surface area contributed by atoms with Crippen LogP contribution in [0.4, 0.5) is 34.1 Å². The molecule has 0 aliphatic heterocycles. The topological polar surface area (TPSA) is 196 Å². The van der Waals surface area contributed by atoms with E-state index in [1.54, 1.807) is 6.07 Å². The number of Topliss-reactive ketones (excluding diaryl/α,β-unsaturated/α-hetero) is 1. The lowest BCUT2D eigenvalue weighted by Gasteiger charge is -2.27. The summed E-state index contributed by atoms with van der Waals surface area (Å²) in [6.45, 7) is 2.73. The van der Waals surface area contributed by atoms with Gasteiger partial charge in [-0.05, 0) is 24.6 Å². The summed E-state index contributed by atoms with van der Waals surface area (Å²) in [5.74, 6) is -1.05. The summed E-state index contributed by atoms with van der Waals surface area (Å²) in [6.07, 6.45) is -0.0655. The molecular formula is C28H28N6O9. The lowest BCUT2D eigenvalue weighted by Crippen LogP contribution is -2.27. The van der Waals surface area contributed by atoms with E-state index in [0.29, 0.717) is 12.2 Å². The van der Waals surface area contributed by atoms with Gasteiger partial charge in [-0.2, -0.15) is 0 Å². The Kier molecular flexibility index (Phi) is 10.9. The Labute approximate surface area is 245 Å². The van der Waals surface area contributed by atoms with Crippen molar-refractivity contribution in [2.24, 2.45) is 10.2 Å². The van der Waals surface area contributed by atoms with Crippen LogP contribution in [0.5, 0.6) is 5.75 Å². The van der Waals surface area contributed by atoms with Crippen molar-refractivity contribution in [2.75, 3.05) is 30.5 Å². The highest BCUT2D eigenvalue weighted by Gasteiger charge is 2.22. The first-order valence-electron chi connectivity index (χ1n) is 12.8. The molecule has 0 aromatic heterocycles. The smallest absolute Gasteiger partial charge is 0.308 e. The number of esters is 1. The summed E-state index contributed by atoms with van der Waals surface area (Å²) < 4.78 is 10.6. The highest BCUT2D eigenvalue weighted by atomic mass is 16.6. The van der Waals surface area contributed by atoms with Crippen LogP contribution in [-0.4, -0.2) is 47.8 Å². The summed E-state index contributed by atoms with van der Waals surface area (Å²) in [5.41, 5.74) is 0.249. The highest BCUT2D eigenvalue weighted by molar-refractivity contribution is 5.94. The first kappa shape index (κ1) is 31.8. The summed E-state index contributed by atoms with van der Waals surface area (Å²) in [7, 11) is 1.40. The van der Waals surface area contributed by atoms with E-state index in [1.807, 2.05) is 35.2 Å². The third-order valence-corrected chi connectivity index (χ3v) is 5.82. The van der Waals surface area contributed by atoms with E-state index >= 15 is 0 Å². The van der Waals surface area contributed by atoms with Crippen LogP contribution in [0, 0.1) is 20.2 Å². The van der Waals surface area contributed by atoms with Gasteiger partial charge < -0.3 is 19.7 Å². The fourth-order valence-corrected chi connectivity index (χ4v) is 3.87. The first-order valence-corrected chi connectivity index (χ1v) is 12.8. The maximum atomic E-state index is 12.3. The van der Waals surface area contributed by atoms with Crippen LogP contribution in [0.15, 0.2) is 70.9 Å². The summed E-state index contributed by atoms with van der Waals surface area (Å²) in [6, 6.07) is 15.3. The Morgan fingerprint density at radius 1 is 0.930 bits per heavy atom. The normalized spacial score (nSPS) is 10.7. The molecule has 15 nitrogen and oxygen atoms in total. The van der Waals surface area contributed by atoms with Gasteiger partial charge in [0, 0.05) is 32.1 Å². The van der Waals surface area contributed by atoms with Gasteiger partial charge in [0.25, 0.3) is 5.69 Å². The van der Waals surface area contributed by atoms with Crippen LogP contribution < -0.4 is 15.0 Å². The number of carbonyl (C=O) groups is 3. The number of hydrogen-bond acceptors (Lipinski definition) is 12. The molecule has 3 aromatic rings. The molecule has 224 valence electrons. The number of rotatable bonds is 14. The van der Waals surface area contributed by atoms with Crippen LogP contribution in [-0.2, 0) is 25.7 Å². The number of anilines is 2. The van der Waals surface area contributed by atoms with Crippen molar-refractivity contribution in [3.05, 3.63) is 86.5 Å². The monoisotopic (exact) mass is 592 g/mol. The van der Waals surface area contributed by atoms with Gasteiger partial charge in [0.1, 0.15) is 18.0 Å². The molecule has 0 aliphatic rings. The maximum Gasteiger partial charge on any atom is 0.308 e. The number of hydrogen-bond donors (Lipinski definition) is 1. The van der Waals surface area contributed by atoms with Crippen molar-refractivity contribution in [1.82, 2.24) is 0 Å². The fourth-order valence-electron chi connectivity index (χ4n) is 3.87. The van der Waals surface area contributed by atoms with Crippen LogP contribution in [0.2, 0.25) is 0 Å². The van der Waals surface area contributed by atoms with E-state index in [0.717, 1.165) is 23.8 Å². The van der Waals surface area contributed by atoms with Crippen molar-refractivity contribution in [1.29, 1.82) is 0 Å². The number of amides is 1. The molecule has 0 spiro atoms. The molecule has 0 saturated carbocycles. The van der Waals surface area contributed by atoms with Gasteiger partial charge in [-0.3, -0.25) is 34.6 Å². The SMILES string of the molecule is COc1cc(/N=N/c2ccc([N+](=O)[O-])cc2[N+](=O)[O-])c(NC(C)=O)cc1N(CCC(=O)OCC(C)=O)Cc1ccccc1. The molecule has 15 heteroatoms. The number of nitro groups is 2. The Balaban J connectivity index is 2.06. The Bertz CT molecular complexity index is 1560. The summed E-state index contributed by atoms with van der Waals surface area (Å²) >= 11 is 0. The second-order valence-electron chi connectivity index (χ2n) is 9.13. The minimum atomic E-state index is -0.817. The zero-order chi connectivity index (χ0) is 31.5. The predicted molar refractivity (Wildman–Crippen MR) is 155 cm³/mol. The molecule has 3 rings (SSSR count). The van der Waals surface area contributed by atoms with Gasteiger partial charge in [-0.1, -0.05) is 30.3 Å². The average molecular weight is 593 g/mol. The zero-order valence-electron chi connectivity index (χ0n) is 23.5. The van der Waals surface area contributed by atoms with Gasteiger partial charge in [-0.25, -0.2) is 0 Å². The minimum absolute atomic E-state index is 0.0655. The second-order valence-corrected chi connectivity index (χ2v) is 9.13. The van der Waals surface area contributed by atoms with Crippen molar-refractivity contribution in [3.8, 4) is 5.75 Å². The van der Waals surface area contributed by atoms with Gasteiger partial charge in [0.05, 0.1) is 40.8 Å². The molecule has 43 heavy (non-hydrogen) atoms. The molecular weight excluding hydrogens is 564 g/mol. The molecule has 1 N–H and O–H groups in total. The van der Waals surface area contributed by atoms with Crippen LogP contribution in [0.1, 0.15) is 25.8 Å². The number of carbonyl (C=O) groups excluding carboxylic acids is 3. The molecule has 0 heterocycles. The number of ketones is 1. The second kappa shape index (κ2) is 14.8. The molecule has 3 aromatic carbocycles. The Hall–Kier alpha value is -5.73. The maximum absolute atomic E-state index is 12.3. The molecule has 0 unspecified atom stereocenters. The van der Waals surface area contributed by atoms with Crippen molar-refractivity contribution in [3.63, 3.8) is 0 Å². The van der Waals surface area contributed by atoms with E-state index in [4.69, 9.17) is 9.47 Å². The van der Waals surface area contributed by atoms with E-state index in [-0.39, 0.29) is 48.2 Å². The van der Waals surface area contributed by atoms with Gasteiger partial charge in [0.15, 0.2) is 11.5 Å². The van der Waals surface area contributed by atoms with Crippen LogP contribution >= 0.6 is 0 Å². The van der Waals surface area contributed by atoms with Crippen molar-refractivity contribution in [2.45, 2.75) is 26.8 Å². The Morgan fingerprint density at radius 3 is 2.23 bits per heavy atom. The summed E-state index contributed by atoms with van der Waals surface area (Å²) in [5, 5.41) is 33.3. The average Bonchev–Trinajstić information content (AvgIpc) is 2.97. The summed E-state index contributed by atoms with van der Waals surface area (Å²) in [4.78, 5) is 58.4. The third-order valence-electron chi connectivity index (χ3n) is 5.82. The number of methoxy groups -OCH3 is 1. The lowest BCUT2D eigenvalue weighted by molar-refractivity contribution is -0.393. The first-order chi connectivity index (χ1) is 20.5. The van der Waals surface area contributed by atoms with Crippen molar-refractivity contribution < 1.29 is 33.7 Å². The van der Waals surface area contributed by atoms with E-state index in [9.17, 15) is 34.6 Å². The molecule has 0 aliphatic carbocycles.